The lowest BCUT2D eigenvalue weighted by Crippen LogP contribution is -2.21. The fraction of sp³-hybridized carbons (Fsp3) is 0.353. The fourth-order valence-corrected chi connectivity index (χ4v) is 2.81. The van der Waals surface area contributed by atoms with Crippen molar-refractivity contribution >= 4 is 5.78 Å². The number of aromatic amines is 1. The average Bonchev–Trinajstić information content (AvgIpc) is 3.04. The molecule has 2 aromatic heterocycles. The third-order valence-corrected chi connectivity index (χ3v) is 4.09. The Balaban J connectivity index is 2.23. The van der Waals surface area contributed by atoms with Gasteiger partial charge in [-0.05, 0) is 25.5 Å². The number of nitrogens with zero attached hydrogens (tertiary/aromatic N) is 3. The first-order chi connectivity index (χ1) is 12.0. The maximum Gasteiger partial charge on any atom is 0.277 e. The fourth-order valence-electron chi connectivity index (χ4n) is 2.81. The van der Waals surface area contributed by atoms with Crippen LogP contribution in [-0.2, 0) is 6.42 Å². The molecule has 0 aliphatic heterocycles. The third kappa shape index (κ3) is 2.69. The standard InChI is InChI=1S/C17H20N4O4/c1-6-11-9(2)18-17-19-15(20-21(17)16(11)22)10-7-12(23-3)14(25-5)13(8-10)24-4/h7-8H,6H2,1-5H3,(H,18,19,20). The number of aryl methyl sites for hydroxylation is 1. The first-order valence-electron chi connectivity index (χ1n) is 7.82. The molecule has 0 unspecified atom stereocenters. The minimum atomic E-state index is -0.142. The summed E-state index contributed by atoms with van der Waals surface area (Å²) in [5.41, 5.74) is 1.90. The van der Waals surface area contributed by atoms with E-state index in [1.807, 2.05) is 13.8 Å². The molecule has 0 saturated carbocycles. The second-order valence-corrected chi connectivity index (χ2v) is 5.46. The van der Waals surface area contributed by atoms with Crippen LogP contribution in [0.5, 0.6) is 17.2 Å². The van der Waals surface area contributed by atoms with Crippen molar-refractivity contribution in [2.45, 2.75) is 20.3 Å². The molecule has 0 bridgehead atoms. The molecular formula is C17H20N4O4. The number of nitrogens with one attached hydrogen (secondary N) is 1. The molecule has 0 aliphatic carbocycles. The molecule has 0 amide bonds. The molecule has 0 aliphatic rings. The van der Waals surface area contributed by atoms with Crippen LogP contribution in [0.3, 0.4) is 0 Å². The van der Waals surface area contributed by atoms with E-state index in [4.69, 9.17) is 14.2 Å². The van der Waals surface area contributed by atoms with Gasteiger partial charge in [0.05, 0.1) is 27.0 Å². The van der Waals surface area contributed by atoms with Crippen LogP contribution in [0.15, 0.2) is 16.9 Å². The van der Waals surface area contributed by atoms with Crippen LogP contribution >= 0.6 is 0 Å². The number of hydrogen-bond acceptors (Lipinski definition) is 6. The number of methoxy groups -OCH3 is 3. The zero-order valence-electron chi connectivity index (χ0n) is 14.8. The van der Waals surface area contributed by atoms with Crippen molar-refractivity contribution in [1.29, 1.82) is 0 Å². The highest BCUT2D eigenvalue weighted by molar-refractivity contribution is 5.67. The zero-order chi connectivity index (χ0) is 18.1. The van der Waals surface area contributed by atoms with Gasteiger partial charge in [-0.25, -0.2) is 4.98 Å². The van der Waals surface area contributed by atoms with Crippen molar-refractivity contribution in [2.24, 2.45) is 0 Å². The number of hydrogen-bond donors (Lipinski definition) is 1. The van der Waals surface area contributed by atoms with Gasteiger partial charge in [0.25, 0.3) is 11.3 Å². The Morgan fingerprint density at radius 3 is 2.24 bits per heavy atom. The Morgan fingerprint density at radius 2 is 1.72 bits per heavy atom. The van der Waals surface area contributed by atoms with Crippen molar-refractivity contribution in [3.63, 3.8) is 0 Å². The lowest BCUT2D eigenvalue weighted by Gasteiger charge is -2.13. The molecule has 0 spiro atoms. The van der Waals surface area contributed by atoms with E-state index in [9.17, 15) is 4.79 Å². The summed E-state index contributed by atoms with van der Waals surface area (Å²) >= 11 is 0. The first-order valence-corrected chi connectivity index (χ1v) is 7.82. The molecule has 0 atom stereocenters. The van der Waals surface area contributed by atoms with E-state index < -0.39 is 0 Å². The van der Waals surface area contributed by atoms with E-state index in [1.54, 1.807) is 33.5 Å². The SMILES string of the molecule is CCc1c(C)nc2nc(-c3cc(OC)c(OC)c(OC)c3)[nH]n2c1=O. The average molecular weight is 344 g/mol. The molecule has 8 heteroatoms. The van der Waals surface area contributed by atoms with Gasteiger partial charge in [0.2, 0.25) is 5.75 Å². The number of ether oxygens (including phenoxy) is 3. The lowest BCUT2D eigenvalue weighted by atomic mass is 10.1. The lowest BCUT2D eigenvalue weighted by molar-refractivity contribution is 0.324. The van der Waals surface area contributed by atoms with Crippen molar-refractivity contribution in [2.75, 3.05) is 21.3 Å². The maximum atomic E-state index is 12.6. The van der Waals surface area contributed by atoms with E-state index in [-0.39, 0.29) is 5.56 Å². The number of fused-ring (bicyclic) bond motifs is 1. The minimum Gasteiger partial charge on any atom is -0.493 e. The molecule has 0 saturated heterocycles. The molecule has 3 aromatic rings. The number of benzene rings is 1. The summed E-state index contributed by atoms with van der Waals surface area (Å²) in [7, 11) is 4.63. The summed E-state index contributed by atoms with van der Waals surface area (Å²) in [4.78, 5) is 21.4. The molecule has 0 fully saturated rings. The van der Waals surface area contributed by atoms with Crippen molar-refractivity contribution < 1.29 is 14.2 Å². The summed E-state index contributed by atoms with van der Waals surface area (Å²) in [5.74, 6) is 2.30. The third-order valence-electron chi connectivity index (χ3n) is 4.09. The molecule has 8 nitrogen and oxygen atoms in total. The summed E-state index contributed by atoms with van der Waals surface area (Å²) < 4.78 is 17.4. The monoisotopic (exact) mass is 344 g/mol. The van der Waals surface area contributed by atoms with E-state index in [1.165, 1.54) is 4.52 Å². The van der Waals surface area contributed by atoms with E-state index in [0.29, 0.717) is 52.1 Å². The molecule has 25 heavy (non-hydrogen) atoms. The molecule has 0 radical (unpaired) electrons. The van der Waals surface area contributed by atoms with Gasteiger partial charge in [0, 0.05) is 11.1 Å². The Hall–Kier alpha value is -3.03. The van der Waals surface area contributed by atoms with Crippen LogP contribution in [0.2, 0.25) is 0 Å². The van der Waals surface area contributed by atoms with Gasteiger partial charge >= 0.3 is 0 Å². The Kier molecular flexibility index (Phi) is 4.35. The highest BCUT2D eigenvalue weighted by atomic mass is 16.5. The van der Waals surface area contributed by atoms with Crippen molar-refractivity contribution in [3.8, 4) is 28.6 Å². The van der Waals surface area contributed by atoms with Gasteiger partial charge < -0.3 is 14.2 Å². The largest absolute Gasteiger partial charge is 0.493 e. The molecule has 132 valence electrons. The summed E-state index contributed by atoms with van der Waals surface area (Å²) in [6.45, 7) is 3.74. The van der Waals surface area contributed by atoms with E-state index in [2.05, 4.69) is 15.1 Å². The highest BCUT2D eigenvalue weighted by Gasteiger charge is 2.17. The van der Waals surface area contributed by atoms with Crippen molar-refractivity contribution in [1.82, 2.24) is 19.6 Å². The zero-order valence-corrected chi connectivity index (χ0v) is 14.8. The molecular weight excluding hydrogens is 324 g/mol. The predicted molar refractivity (Wildman–Crippen MR) is 92.8 cm³/mol. The van der Waals surface area contributed by atoms with Gasteiger partial charge in [-0.3, -0.25) is 9.89 Å². The summed E-state index contributed by atoms with van der Waals surface area (Å²) in [6.07, 6.45) is 0.610. The van der Waals surface area contributed by atoms with Crippen molar-refractivity contribution in [3.05, 3.63) is 33.7 Å². The van der Waals surface area contributed by atoms with Crippen LogP contribution in [0.4, 0.5) is 0 Å². The van der Waals surface area contributed by atoms with Gasteiger partial charge in [0.15, 0.2) is 17.3 Å². The predicted octanol–water partition coefficient (Wildman–Crippen LogP) is 1.98. The molecule has 1 N–H and O–H groups in total. The van der Waals surface area contributed by atoms with Crippen LogP contribution in [0.25, 0.3) is 17.2 Å². The first kappa shape index (κ1) is 16.8. The van der Waals surface area contributed by atoms with Crippen LogP contribution < -0.4 is 19.8 Å². The minimum absolute atomic E-state index is 0.142. The van der Waals surface area contributed by atoms with E-state index in [0.717, 1.165) is 0 Å². The van der Waals surface area contributed by atoms with Gasteiger partial charge in [0.1, 0.15) is 0 Å². The number of rotatable bonds is 5. The molecule has 2 heterocycles. The number of H-pyrrole nitrogens is 1. The summed E-state index contributed by atoms with van der Waals surface area (Å²) in [5, 5.41) is 3.00. The van der Waals surface area contributed by atoms with Crippen LogP contribution in [-0.4, -0.2) is 40.9 Å². The van der Waals surface area contributed by atoms with E-state index >= 15 is 0 Å². The maximum absolute atomic E-state index is 12.6. The highest BCUT2D eigenvalue weighted by Crippen LogP contribution is 2.40. The molecule has 3 rings (SSSR count). The number of aromatic nitrogens is 4. The van der Waals surface area contributed by atoms with Crippen LogP contribution in [0.1, 0.15) is 18.2 Å². The second-order valence-electron chi connectivity index (χ2n) is 5.46. The molecule has 1 aromatic carbocycles. The normalized spacial score (nSPS) is 10.9. The van der Waals surface area contributed by atoms with Crippen LogP contribution in [0, 0.1) is 6.92 Å². The Bertz CT molecular complexity index is 965. The quantitative estimate of drug-likeness (QED) is 0.761. The Morgan fingerprint density at radius 1 is 1.08 bits per heavy atom. The summed E-state index contributed by atoms with van der Waals surface area (Å²) in [6, 6.07) is 3.52. The van der Waals surface area contributed by atoms with Gasteiger partial charge in [-0.2, -0.15) is 9.50 Å². The van der Waals surface area contributed by atoms with Gasteiger partial charge in [-0.15, -0.1) is 0 Å². The van der Waals surface area contributed by atoms with Gasteiger partial charge in [-0.1, -0.05) is 6.92 Å². The topological polar surface area (TPSA) is 90.7 Å². The Labute approximate surface area is 144 Å². The smallest absolute Gasteiger partial charge is 0.277 e. The second kappa shape index (κ2) is 6.46.